The number of aromatic nitrogens is 2. The number of nitrogens with one attached hydrogen (secondary N) is 1. The van der Waals surface area contributed by atoms with Crippen LogP contribution in [0.4, 0.5) is 0 Å². The van der Waals surface area contributed by atoms with Crippen LogP contribution in [-0.4, -0.2) is 50.3 Å². The molecule has 1 aliphatic heterocycles. The van der Waals surface area contributed by atoms with Gasteiger partial charge in [-0.05, 0) is 28.8 Å². The van der Waals surface area contributed by atoms with E-state index in [0.717, 1.165) is 33.5 Å². The Kier molecular flexibility index (Phi) is 9.41. The Bertz CT molecular complexity index is 1420. The van der Waals surface area contributed by atoms with Gasteiger partial charge in [-0.2, -0.15) is 11.8 Å². The van der Waals surface area contributed by atoms with Crippen molar-refractivity contribution in [1.82, 2.24) is 15.3 Å². The zero-order valence-corrected chi connectivity index (χ0v) is 23.1. The zero-order chi connectivity index (χ0) is 27.9. The van der Waals surface area contributed by atoms with Crippen molar-refractivity contribution >= 4 is 28.7 Å². The molecule has 208 valence electrons. The van der Waals surface area contributed by atoms with Gasteiger partial charge in [-0.15, -0.1) is 0 Å². The van der Waals surface area contributed by atoms with E-state index in [-0.39, 0.29) is 42.9 Å². The van der Waals surface area contributed by atoms with E-state index in [9.17, 15) is 15.0 Å². The Morgan fingerprint density at radius 1 is 0.925 bits per heavy atom. The van der Waals surface area contributed by atoms with E-state index in [1.54, 1.807) is 11.8 Å². The average molecular weight is 560 g/mol. The van der Waals surface area contributed by atoms with E-state index < -0.39 is 6.29 Å². The van der Waals surface area contributed by atoms with Gasteiger partial charge in [0.15, 0.2) is 6.29 Å². The van der Waals surface area contributed by atoms with E-state index >= 15 is 0 Å². The summed E-state index contributed by atoms with van der Waals surface area (Å²) in [4.78, 5) is 21.4. The highest BCUT2D eigenvalue weighted by Gasteiger charge is 2.38. The van der Waals surface area contributed by atoms with Crippen molar-refractivity contribution in [3.63, 3.8) is 0 Å². The van der Waals surface area contributed by atoms with Gasteiger partial charge in [0.25, 0.3) is 5.91 Å². The lowest BCUT2D eigenvalue weighted by Gasteiger charge is -2.41. The maximum Gasteiger partial charge on any atom is 0.271 e. The Labute approximate surface area is 237 Å². The monoisotopic (exact) mass is 559 g/mol. The molecule has 1 fully saturated rings. The van der Waals surface area contributed by atoms with Crippen LogP contribution in [-0.2, 0) is 22.6 Å². The fourth-order valence-corrected chi connectivity index (χ4v) is 5.62. The van der Waals surface area contributed by atoms with Gasteiger partial charge in [0.2, 0.25) is 0 Å². The summed E-state index contributed by atoms with van der Waals surface area (Å²) in [6.45, 7) is 2.59. The molecule has 1 aliphatic rings. The first-order chi connectivity index (χ1) is 19.6. The SMILES string of the molecule is C[C@H]1[C@@H](CSCCO)O[C@@H](c2ccc(CNC(=O)c3cnc4ccccc4n3)cc2)O[C@H]1c1ccc(CO)cc1. The lowest BCUT2D eigenvalue weighted by atomic mass is 9.91. The number of para-hydroxylation sites is 2. The van der Waals surface area contributed by atoms with E-state index in [1.165, 1.54) is 6.20 Å². The second-order valence-electron chi connectivity index (χ2n) is 9.79. The van der Waals surface area contributed by atoms with Crippen molar-refractivity contribution in [3.8, 4) is 0 Å². The average Bonchev–Trinajstić information content (AvgIpc) is 3.01. The molecule has 1 amide bonds. The highest BCUT2D eigenvalue weighted by molar-refractivity contribution is 7.99. The summed E-state index contributed by atoms with van der Waals surface area (Å²) in [7, 11) is 0. The molecule has 0 saturated carbocycles. The smallest absolute Gasteiger partial charge is 0.271 e. The number of thioether (sulfide) groups is 1. The molecular weight excluding hydrogens is 526 g/mol. The summed E-state index contributed by atoms with van der Waals surface area (Å²) in [5.74, 6) is 1.21. The Balaban J connectivity index is 1.26. The molecule has 0 spiro atoms. The van der Waals surface area contributed by atoms with Gasteiger partial charge < -0.3 is 25.0 Å². The lowest BCUT2D eigenvalue weighted by Crippen LogP contribution is -2.38. The zero-order valence-electron chi connectivity index (χ0n) is 22.3. The summed E-state index contributed by atoms with van der Waals surface area (Å²) in [6, 6.07) is 23.1. The fourth-order valence-electron chi connectivity index (χ4n) is 4.71. The molecule has 4 aromatic rings. The molecule has 1 saturated heterocycles. The number of amides is 1. The number of rotatable bonds is 10. The predicted octanol–water partition coefficient (Wildman–Crippen LogP) is 4.57. The van der Waals surface area contributed by atoms with Gasteiger partial charge in [-0.25, -0.2) is 4.98 Å². The quantitative estimate of drug-likeness (QED) is 0.242. The predicted molar refractivity (Wildman–Crippen MR) is 155 cm³/mol. The van der Waals surface area contributed by atoms with Crippen molar-refractivity contribution in [3.05, 3.63) is 107 Å². The standard InChI is InChI=1S/C31H33N3O5S/c1-20-28(19-40-15-14-35)38-31(39-29(20)23-10-8-22(18-36)9-11-23)24-12-6-21(7-13-24)16-33-30(37)27-17-32-25-4-2-3-5-26(25)34-27/h2-13,17,20,28-29,31,35-36H,14-16,18-19H2,1H3,(H,33,37)/t20-,28+,29+,31+/m0/s1. The summed E-state index contributed by atoms with van der Waals surface area (Å²) < 4.78 is 12.9. The van der Waals surface area contributed by atoms with Gasteiger partial charge in [0.05, 0.1) is 42.7 Å². The number of benzene rings is 3. The minimum Gasteiger partial charge on any atom is -0.396 e. The molecule has 40 heavy (non-hydrogen) atoms. The molecule has 3 aromatic carbocycles. The molecule has 0 bridgehead atoms. The summed E-state index contributed by atoms with van der Waals surface area (Å²) >= 11 is 1.66. The van der Waals surface area contributed by atoms with Gasteiger partial charge in [0.1, 0.15) is 5.69 Å². The minimum absolute atomic E-state index is 0.00399. The number of nitrogens with zero attached hydrogens (tertiary/aromatic N) is 2. The van der Waals surface area contributed by atoms with Crippen LogP contribution in [0.3, 0.4) is 0 Å². The molecule has 2 heterocycles. The van der Waals surface area contributed by atoms with Crippen LogP contribution < -0.4 is 5.32 Å². The highest BCUT2D eigenvalue weighted by Crippen LogP contribution is 2.42. The molecule has 0 unspecified atom stereocenters. The van der Waals surface area contributed by atoms with Gasteiger partial charge in [-0.3, -0.25) is 9.78 Å². The maximum atomic E-state index is 12.7. The number of carbonyl (C=O) groups excluding carboxylic acids is 1. The molecular formula is C31H33N3O5S. The van der Waals surface area contributed by atoms with Gasteiger partial charge in [0, 0.05) is 29.5 Å². The number of ether oxygens (including phenoxy) is 2. The molecule has 9 heteroatoms. The van der Waals surface area contributed by atoms with Crippen LogP contribution >= 0.6 is 11.8 Å². The summed E-state index contributed by atoms with van der Waals surface area (Å²) in [6.07, 6.45) is 0.672. The minimum atomic E-state index is -0.560. The number of aliphatic hydroxyl groups is 2. The van der Waals surface area contributed by atoms with E-state index in [4.69, 9.17) is 9.47 Å². The first kappa shape index (κ1) is 28.2. The van der Waals surface area contributed by atoms with Crippen LogP contribution in [0.1, 0.15) is 52.1 Å². The van der Waals surface area contributed by atoms with Crippen molar-refractivity contribution < 1.29 is 24.5 Å². The van der Waals surface area contributed by atoms with E-state index in [2.05, 4.69) is 22.2 Å². The normalized spacial score (nSPS) is 20.9. The van der Waals surface area contributed by atoms with Crippen LogP contribution in [0.5, 0.6) is 0 Å². The summed E-state index contributed by atoms with van der Waals surface area (Å²) in [5.41, 5.74) is 5.40. The second kappa shape index (κ2) is 13.3. The summed E-state index contributed by atoms with van der Waals surface area (Å²) in [5, 5.41) is 21.6. The molecule has 5 rings (SSSR count). The third-order valence-corrected chi connectivity index (χ3v) is 8.06. The Morgan fingerprint density at radius 3 is 2.35 bits per heavy atom. The largest absolute Gasteiger partial charge is 0.396 e. The van der Waals surface area contributed by atoms with E-state index in [0.29, 0.717) is 17.8 Å². The van der Waals surface area contributed by atoms with Gasteiger partial charge >= 0.3 is 0 Å². The second-order valence-corrected chi connectivity index (χ2v) is 10.9. The molecule has 1 aromatic heterocycles. The third-order valence-electron chi connectivity index (χ3n) is 7.03. The Hall–Kier alpha value is -3.34. The van der Waals surface area contributed by atoms with Crippen molar-refractivity contribution in [2.75, 3.05) is 18.1 Å². The van der Waals surface area contributed by atoms with Crippen LogP contribution in [0.15, 0.2) is 79.0 Å². The number of fused-ring (bicyclic) bond motifs is 1. The highest BCUT2D eigenvalue weighted by atomic mass is 32.2. The number of hydrogen-bond donors (Lipinski definition) is 3. The first-order valence-electron chi connectivity index (χ1n) is 13.3. The van der Waals surface area contributed by atoms with Gasteiger partial charge in [-0.1, -0.05) is 67.6 Å². The molecule has 3 N–H and O–H groups in total. The Morgan fingerprint density at radius 2 is 1.62 bits per heavy atom. The number of aliphatic hydroxyl groups excluding tert-OH is 2. The van der Waals surface area contributed by atoms with Crippen molar-refractivity contribution in [2.24, 2.45) is 5.92 Å². The van der Waals surface area contributed by atoms with Crippen LogP contribution in [0, 0.1) is 5.92 Å². The molecule has 0 radical (unpaired) electrons. The number of hydrogen-bond acceptors (Lipinski definition) is 8. The molecule has 0 aliphatic carbocycles. The first-order valence-corrected chi connectivity index (χ1v) is 14.5. The number of carbonyl (C=O) groups is 1. The lowest BCUT2D eigenvalue weighted by molar-refractivity contribution is -0.268. The topological polar surface area (TPSA) is 114 Å². The molecule has 8 nitrogen and oxygen atoms in total. The van der Waals surface area contributed by atoms with Crippen LogP contribution in [0.25, 0.3) is 11.0 Å². The van der Waals surface area contributed by atoms with Crippen molar-refractivity contribution in [2.45, 2.75) is 38.6 Å². The fraction of sp³-hybridized carbons (Fsp3) is 0.323. The van der Waals surface area contributed by atoms with E-state index in [1.807, 2.05) is 72.8 Å². The molecule has 4 atom stereocenters. The van der Waals surface area contributed by atoms with Crippen LogP contribution in [0.2, 0.25) is 0 Å². The maximum absolute atomic E-state index is 12.7. The van der Waals surface area contributed by atoms with Crippen molar-refractivity contribution in [1.29, 1.82) is 0 Å². The third kappa shape index (κ3) is 6.68.